The van der Waals surface area contributed by atoms with E-state index in [0.717, 1.165) is 24.3 Å². The van der Waals surface area contributed by atoms with Crippen LogP contribution in [0.1, 0.15) is 40.0 Å². The molecule has 2 bridgehead atoms. The first-order chi connectivity index (χ1) is 6.97. The van der Waals surface area contributed by atoms with Crippen molar-refractivity contribution in [1.82, 2.24) is 0 Å². The number of oxime groups is 2. The number of hydrogen-bond acceptors (Lipinski definition) is 4. The van der Waals surface area contributed by atoms with Gasteiger partial charge in [-0.1, -0.05) is 31.1 Å². The van der Waals surface area contributed by atoms with Gasteiger partial charge in [-0.15, -0.1) is 0 Å². The van der Waals surface area contributed by atoms with Crippen molar-refractivity contribution in [2.75, 3.05) is 0 Å². The first-order valence-electron chi connectivity index (χ1n) is 5.39. The SMILES string of the molecule is CC1(C)[C@H]2CC[C@]1(C)/C(=N\O)CC2=NO. The molecular weight excluding hydrogens is 192 g/mol. The lowest BCUT2D eigenvalue weighted by atomic mass is 9.57. The second-order valence-electron chi connectivity index (χ2n) is 5.46. The van der Waals surface area contributed by atoms with Crippen LogP contribution in [0, 0.1) is 16.7 Å². The molecule has 2 rings (SSSR count). The van der Waals surface area contributed by atoms with Crippen molar-refractivity contribution < 1.29 is 10.4 Å². The van der Waals surface area contributed by atoms with E-state index >= 15 is 0 Å². The summed E-state index contributed by atoms with van der Waals surface area (Å²) in [7, 11) is 0. The van der Waals surface area contributed by atoms with Crippen molar-refractivity contribution in [3.05, 3.63) is 0 Å². The molecule has 0 aromatic heterocycles. The number of nitrogens with zero attached hydrogens (tertiary/aromatic N) is 2. The van der Waals surface area contributed by atoms with Gasteiger partial charge in [0.2, 0.25) is 0 Å². The van der Waals surface area contributed by atoms with Crippen LogP contribution in [0.25, 0.3) is 0 Å². The van der Waals surface area contributed by atoms with Crippen LogP contribution in [0.5, 0.6) is 0 Å². The van der Waals surface area contributed by atoms with E-state index in [2.05, 4.69) is 31.1 Å². The average molecular weight is 210 g/mol. The minimum atomic E-state index is -0.0550. The summed E-state index contributed by atoms with van der Waals surface area (Å²) in [4.78, 5) is 0. The Morgan fingerprint density at radius 3 is 2.40 bits per heavy atom. The largest absolute Gasteiger partial charge is 0.411 e. The lowest BCUT2D eigenvalue weighted by molar-refractivity contribution is 0.164. The second kappa shape index (κ2) is 2.97. The van der Waals surface area contributed by atoms with Gasteiger partial charge in [-0.2, -0.15) is 0 Å². The van der Waals surface area contributed by atoms with Crippen LogP contribution >= 0.6 is 0 Å². The standard InChI is InChI=1S/C11H18N2O2/c1-10(2)7-4-5-11(10,3)9(13-15)6-8(7)12-14/h7,14-15H,4-6H2,1-3H3/b12-8?,13-9-/t7-,11+/m0/s1. The van der Waals surface area contributed by atoms with Crippen molar-refractivity contribution in [1.29, 1.82) is 0 Å². The first-order valence-corrected chi connectivity index (χ1v) is 5.39. The Labute approximate surface area is 89.7 Å². The maximum absolute atomic E-state index is 9.07. The van der Waals surface area contributed by atoms with Gasteiger partial charge in [0.05, 0.1) is 11.4 Å². The summed E-state index contributed by atoms with van der Waals surface area (Å²) in [5, 5.41) is 24.9. The zero-order valence-corrected chi connectivity index (χ0v) is 9.49. The molecule has 84 valence electrons. The molecule has 0 radical (unpaired) electrons. The Morgan fingerprint density at radius 1 is 1.20 bits per heavy atom. The van der Waals surface area contributed by atoms with E-state index in [4.69, 9.17) is 10.4 Å². The van der Waals surface area contributed by atoms with E-state index < -0.39 is 0 Å². The molecule has 0 amide bonds. The van der Waals surface area contributed by atoms with E-state index in [9.17, 15) is 0 Å². The molecule has 4 nitrogen and oxygen atoms in total. The van der Waals surface area contributed by atoms with Gasteiger partial charge >= 0.3 is 0 Å². The van der Waals surface area contributed by atoms with Crippen molar-refractivity contribution >= 4 is 11.4 Å². The second-order valence-corrected chi connectivity index (χ2v) is 5.46. The molecule has 15 heavy (non-hydrogen) atoms. The summed E-state index contributed by atoms with van der Waals surface area (Å²) in [6.07, 6.45) is 2.53. The van der Waals surface area contributed by atoms with E-state index in [1.165, 1.54) is 0 Å². The molecular formula is C11H18N2O2. The smallest absolute Gasteiger partial charge is 0.0692 e. The molecule has 2 aliphatic carbocycles. The molecule has 0 unspecified atom stereocenters. The monoisotopic (exact) mass is 210 g/mol. The number of hydrogen-bond donors (Lipinski definition) is 2. The van der Waals surface area contributed by atoms with Gasteiger partial charge < -0.3 is 10.4 Å². The Morgan fingerprint density at radius 2 is 1.87 bits per heavy atom. The summed E-state index contributed by atoms with van der Waals surface area (Å²) >= 11 is 0. The van der Waals surface area contributed by atoms with Crippen LogP contribution in [0.15, 0.2) is 10.3 Å². The Balaban J connectivity index is 2.54. The Kier molecular flexibility index (Phi) is 2.07. The van der Waals surface area contributed by atoms with Crippen LogP contribution in [-0.2, 0) is 0 Å². The van der Waals surface area contributed by atoms with Crippen molar-refractivity contribution in [3.63, 3.8) is 0 Å². The number of fused-ring (bicyclic) bond motifs is 2. The predicted molar refractivity (Wildman–Crippen MR) is 57.7 cm³/mol. The minimum Gasteiger partial charge on any atom is -0.411 e. The Bertz CT molecular complexity index is 346. The fraction of sp³-hybridized carbons (Fsp3) is 0.818. The summed E-state index contributed by atoms with van der Waals surface area (Å²) in [6, 6.07) is 0. The highest BCUT2D eigenvalue weighted by Gasteiger charge is 2.59. The quantitative estimate of drug-likeness (QED) is 0.476. The zero-order chi connectivity index (χ0) is 11.3. The summed E-state index contributed by atoms with van der Waals surface area (Å²) in [6.45, 7) is 6.48. The molecule has 0 heterocycles. The molecule has 0 aromatic rings. The van der Waals surface area contributed by atoms with Crippen molar-refractivity contribution in [2.45, 2.75) is 40.0 Å². The molecule has 2 aliphatic rings. The first kappa shape index (κ1) is 10.5. The average Bonchev–Trinajstić information content (AvgIpc) is 2.37. The van der Waals surface area contributed by atoms with E-state index in [0.29, 0.717) is 12.3 Å². The van der Waals surface area contributed by atoms with E-state index in [1.54, 1.807) is 0 Å². The molecule has 0 aliphatic heterocycles. The van der Waals surface area contributed by atoms with Gasteiger partial charge in [-0.05, 0) is 18.3 Å². The van der Waals surface area contributed by atoms with Crippen LogP contribution < -0.4 is 0 Å². The predicted octanol–water partition coefficient (Wildman–Crippen LogP) is 2.49. The third kappa shape index (κ3) is 1.08. The lowest BCUT2D eigenvalue weighted by Crippen LogP contribution is -2.48. The summed E-state index contributed by atoms with van der Waals surface area (Å²) < 4.78 is 0. The lowest BCUT2D eigenvalue weighted by Gasteiger charge is -2.46. The van der Waals surface area contributed by atoms with Crippen LogP contribution in [-0.4, -0.2) is 21.8 Å². The van der Waals surface area contributed by atoms with Gasteiger partial charge in [0.1, 0.15) is 0 Å². The molecule has 0 saturated heterocycles. The molecule has 0 spiro atoms. The summed E-state index contributed by atoms with van der Waals surface area (Å²) in [5.74, 6) is 0.318. The highest BCUT2D eigenvalue weighted by atomic mass is 16.4. The fourth-order valence-corrected chi connectivity index (χ4v) is 3.34. The highest BCUT2D eigenvalue weighted by Crippen LogP contribution is 2.60. The topological polar surface area (TPSA) is 65.2 Å². The van der Waals surface area contributed by atoms with Gasteiger partial charge in [0.15, 0.2) is 0 Å². The van der Waals surface area contributed by atoms with E-state index in [1.807, 2.05) is 0 Å². The highest BCUT2D eigenvalue weighted by molar-refractivity contribution is 6.11. The molecule has 0 aromatic carbocycles. The minimum absolute atomic E-state index is 0.00831. The van der Waals surface area contributed by atoms with E-state index in [-0.39, 0.29) is 10.8 Å². The van der Waals surface area contributed by atoms with Gasteiger partial charge in [-0.3, -0.25) is 0 Å². The third-order valence-electron chi connectivity index (χ3n) is 4.86. The molecule has 2 N–H and O–H groups in total. The fourth-order valence-electron chi connectivity index (χ4n) is 3.34. The van der Waals surface area contributed by atoms with Crippen LogP contribution in [0.3, 0.4) is 0 Å². The van der Waals surface area contributed by atoms with Gasteiger partial charge in [-0.25, -0.2) is 0 Å². The molecule has 2 atom stereocenters. The van der Waals surface area contributed by atoms with Gasteiger partial charge in [0, 0.05) is 17.8 Å². The summed E-state index contributed by atoms with van der Waals surface area (Å²) in [5.41, 5.74) is 1.48. The molecule has 4 heteroatoms. The zero-order valence-electron chi connectivity index (χ0n) is 9.49. The van der Waals surface area contributed by atoms with Crippen molar-refractivity contribution in [3.8, 4) is 0 Å². The Hall–Kier alpha value is -1.06. The van der Waals surface area contributed by atoms with Gasteiger partial charge in [0.25, 0.3) is 0 Å². The number of rotatable bonds is 0. The van der Waals surface area contributed by atoms with Crippen LogP contribution in [0.2, 0.25) is 0 Å². The maximum Gasteiger partial charge on any atom is 0.0692 e. The maximum atomic E-state index is 9.07. The van der Waals surface area contributed by atoms with Crippen LogP contribution in [0.4, 0.5) is 0 Å². The molecule has 2 saturated carbocycles. The normalized spacial score (nSPS) is 43.8. The van der Waals surface area contributed by atoms with Crippen molar-refractivity contribution in [2.24, 2.45) is 27.1 Å². The third-order valence-corrected chi connectivity index (χ3v) is 4.86. The molecule has 2 fully saturated rings.